The van der Waals surface area contributed by atoms with E-state index in [1.807, 2.05) is 0 Å². The average molecular weight is 425 g/mol. The second-order valence-electron chi connectivity index (χ2n) is 6.39. The van der Waals surface area contributed by atoms with E-state index in [0.29, 0.717) is 0 Å². The molecule has 0 aromatic heterocycles. The van der Waals surface area contributed by atoms with Crippen molar-refractivity contribution >= 4 is 0 Å². The van der Waals surface area contributed by atoms with Crippen LogP contribution in [0.2, 0.25) is 0 Å². The van der Waals surface area contributed by atoms with E-state index in [2.05, 4.69) is 21.1 Å². The van der Waals surface area contributed by atoms with Crippen LogP contribution in [0, 0.1) is 20.8 Å². The predicted molar refractivity (Wildman–Crippen MR) is 80.8 cm³/mol. The van der Waals surface area contributed by atoms with E-state index in [1.165, 1.54) is 64.3 Å². The first kappa shape index (κ1) is 28.4. The summed E-state index contributed by atoms with van der Waals surface area (Å²) in [6.07, 6.45) is 13.4. The van der Waals surface area contributed by atoms with Gasteiger partial charge >= 0.3 is 17.1 Å². The van der Waals surface area contributed by atoms with Crippen LogP contribution in [-0.2, 0) is 17.1 Å². The molecule has 0 atom stereocenters. The SMILES string of the molecule is C1CCCC1.C[N+](C)(C)CC1CCCC1.[CH3-].[CH3-].[Fe+2].[I-]. The molecule has 0 saturated heterocycles. The summed E-state index contributed by atoms with van der Waals surface area (Å²) in [5, 5.41) is 0. The monoisotopic (exact) mass is 425 g/mol. The van der Waals surface area contributed by atoms with Gasteiger partial charge in [-0.15, -0.1) is 0 Å². The van der Waals surface area contributed by atoms with Gasteiger partial charge in [0.15, 0.2) is 0 Å². The minimum Gasteiger partial charge on any atom is -1.00 e. The van der Waals surface area contributed by atoms with Crippen LogP contribution >= 0.6 is 0 Å². The topological polar surface area (TPSA) is 0 Å². The summed E-state index contributed by atoms with van der Waals surface area (Å²) < 4.78 is 1.14. The Kier molecular flexibility index (Phi) is 23.3. The molecule has 0 aliphatic heterocycles. The second-order valence-corrected chi connectivity index (χ2v) is 6.39. The molecular formula is C16H36FeIN. The van der Waals surface area contributed by atoms with E-state index >= 15 is 0 Å². The Hall–Kier alpha value is 1.21. The summed E-state index contributed by atoms with van der Waals surface area (Å²) in [6.45, 7) is 1.38. The molecule has 3 heteroatoms. The van der Waals surface area contributed by atoms with Crippen molar-refractivity contribution in [2.24, 2.45) is 5.92 Å². The second kappa shape index (κ2) is 15.6. The Labute approximate surface area is 151 Å². The van der Waals surface area contributed by atoms with Gasteiger partial charge in [0.1, 0.15) is 0 Å². The third-order valence-corrected chi connectivity index (χ3v) is 3.53. The van der Waals surface area contributed by atoms with Crippen LogP contribution in [0.1, 0.15) is 57.8 Å². The smallest absolute Gasteiger partial charge is 1.00 e. The van der Waals surface area contributed by atoms with Crippen molar-refractivity contribution in [3.8, 4) is 0 Å². The number of halogens is 1. The summed E-state index contributed by atoms with van der Waals surface area (Å²) in [6, 6.07) is 0. The van der Waals surface area contributed by atoms with Crippen molar-refractivity contribution in [3.63, 3.8) is 0 Å². The zero-order valence-electron chi connectivity index (χ0n) is 13.8. The molecule has 120 valence electrons. The molecular weight excluding hydrogens is 389 g/mol. The van der Waals surface area contributed by atoms with Crippen LogP contribution in [0.15, 0.2) is 0 Å². The van der Waals surface area contributed by atoms with E-state index in [4.69, 9.17) is 0 Å². The maximum atomic E-state index is 2.29. The van der Waals surface area contributed by atoms with Crippen molar-refractivity contribution < 1.29 is 45.5 Å². The summed E-state index contributed by atoms with van der Waals surface area (Å²) >= 11 is 0. The van der Waals surface area contributed by atoms with Crippen molar-refractivity contribution in [2.45, 2.75) is 57.8 Å². The fourth-order valence-electron chi connectivity index (χ4n) is 2.85. The molecule has 0 N–H and O–H groups in total. The molecule has 2 aliphatic rings. The molecule has 19 heavy (non-hydrogen) atoms. The molecule has 0 radical (unpaired) electrons. The molecule has 0 bridgehead atoms. The molecule has 2 rings (SSSR count). The largest absolute Gasteiger partial charge is 2.00 e. The standard InChI is InChI=1S/C9H20N.C5H10.2CH3.Fe.HI/c1-10(2,3)8-9-6-4-5-7-9;1-2-4-5-3-1;;;;/h9H,4-8H2,1-3H3;1-5H2;2*1H3;;1H/q+1;;2*-1;+2;/p-1. The van der Waals surface area contributed by atoms with E-state index < -0.39 is 0 Å². The van der Waals surface area contributed by atoms with Gasteiger partial charge in [0, 0.05) is 5.92 Å². The van der Waals surface area contributed by atoms with Crippen LogP contribution in [0.4, 0.5) is 0 Å². The Morgan fingerprint density at radius 1 is 0.737 bits per heavy atom. The first-order valence-electron chi connectivity index (χ1n) is 6.88. The quantitative estimate of drug-likeness (QED) is 0.274. The summed E-state index contributed by atoms with van der Waals surface area (Å²) in [4.78, 5) is 0. The maximum absolute atomic E-state index is 2.29. The van der Waals surface area contributed by atoms with E-state index in [-0.39, 0.29) is 55.9 Å². The predicted octanol–water partition coefficient (Wildman–Crippen LogP) is 1.74. The normalized spacial score (nSPS) is 17.8. The molecule has 0 amide bonds. The van der Waals surface area contributed by atoms with Crippen molar-refractivity contribution in [2.75, 3.05) is 27.7 Å². The molecule has 0 unspecified atom stereocenters. The van der Waals surface area contributed by atoms with Crippen molar-refractivity contribution in [1.29, 1.82) is 0 Å². The van der Waals surface area contributed by atoms with Crippen molar-refractivity contribution in [1.82, 2.24) is 0 Å². The number of hydrogen-bond acceptors (Lipinski definition) is 0. The third-order valence-electron chi connectivity index (χ3n) is 3.53. The Morgan fingerprint density at radius 2 is 1.05 bits per heavy atom. The van der Waals surface area contributed by atoms with Gasteiger partial charge < -0.3 is 43.3 Å². The minimum absolute atomic E-state index is 0. The average Bonchev–Trinajstić information content (AvgIpc) is 2.71. The van der Waals surface area contributed by atoms with E-state index in [0.717, 1.165) is 10.4 Å². The first-order chi connectivity index (χ1) is 7.08. The zero-order valence-corrected chi connectivity index (χ0v) is 17.1. The number of nitrogens with zero attached hydrogens (tertiary/aromatic N) is 1. The van der Waals surface area contributed by atoms with Gasteiger partial charge in [-0.1, -0.05) is 44.9 Å². The van der Waals surface area contributed by atoms with Crippen LogP contribution in [0.5, 0.6) is 0 Å². The van der Waals surface area contributed by atoms with Gasteiger partial charge in [0.2, 0.25) is 0 Å². The van der Waals surface area contributed by atoms with Gasteiger partial charge in [0.05, 0.1) is 27.7 Å². The van der Waals surface area contributed by atoms with E-state index in [1.54, 1.807) is 0 Å². The van der Waals surface area contributed by atoms with Gasteiger partial charge in [-0.3, -0.25) is 0 Å². The van der Waals surface area contributed by atoms with Crippen molar-refractivity contribution in [3.05, 3.63) is 14.9 Å². The maximum Gasteiger partial charge on any atom is 2.00 e. The van der Waals surface area contributed by atoms with Crippen LogP contribution < -0.4 is 24.0 Å². The number of rotatable bonds is 2. The van der Waals surface area contributed by atoms with Crippen LogP contribution in [0.25, 0.3) is 0 Å². The molecule has 2 aliphatic carbocycles. The molecule has 2 saturated carbocycles. The fraction of sp³-hybridized carbons (Fsp3) is 0.875. The molecule has 2 fully saturated rings. The minimum atomic E-state index is 0. The Morgan fingerprint density at radius 3 is 1.32 bits per heavy atom. The summed E-state index contributed by atoms with van der Waals surface area (Å²) in [5.74, 6) is 1.03. The number of hydrogen-bond donors (Lipinski definition) is 0. The van der Waals surface area contributed by atoms with Gasteiger partial charge in [-0.2, -0.15) is 0 Å². The van der Waals surface area contributed by atoms with E-state index in [9.17, 15) is 0 Å². The molecule has 0 aromatic rings. The molecule has 0 spiro atoms. The van der Waals surface area contributed by atoms with Gasteiger partial charge in [-0.25, -0.2) is 0 Å². The van der Waals surface area contributed by atoms with Crippen LogP contribution in [-0.4, -0.2) is 32.2 Å². The Balaban J connectivity index is -0.000000110. The van der Waals surface area contributed by atoms with Gasteiger partial charge in [-0.05, 0) is 12.8 Å². The molecule has 0 heterocycles. The Bertz CT molecular complexity index is 151. The van der Waals surface area contributed by atoms with Gasteiger partial charge in [0.25, 0.3) is 0 Å². The number of quaternary nitrogens is 1. The summed E-state index contributed by atoms with van der Waals surface area (Å²) in [7, 11) is 6.87. The third kappa shape index (κ3) is 17.2. The molecule has 0 aromatic carbocycles. The first-order valence-corrected chi connectivity index (χ1v) is 6.88. The summed E-state index contributed by atoms with van der Waals surface area (Å²) in [5.41, 5.74) is 0. The molecule has 1 nitrogen and oxygen atoms in total. The fourth-order valence-corrected chi connectivity index (χ4v) is 2.85. The van der Waals surface area contributed by atoms with Crippen LogP contribution in [0.3, 0.4) is 0 Å². The zero-order chi connectivity index (χ0) is 11.1.